The third kappa shape index (κ3) is 1.87. The van der Waals surface area contributed by atoms with E-state index in [4.69, 9.17) is 9.47 Å². The molecule has 0 saturated carbocycles. The SMILES string of the molecule is Oc1cc2c(cc1CN1CCn3cnnc3C1)OCO2. The lowest BCUT2D eigenvalue weighted by atomic mass is 10.1. The molecule has 0 aliphatic carbocycles. The Kier molecular flexibility index (Phi) is 2.53. The summed E-state index contributed by atoms with van der Waals surface area (Å²) in [7, 11) is 0. The fraction of sp³-hybridized carbons (Fsp3) is 0.385. The maximum atomic E-state index is 10.1. The van der Waals surface area contributed by atoms with Gasteiger partial charge in [0.25, 0.3) is 0 Å². The number of nitrogens with zero attached hydrogens (tertiary/aromatic N) is 4. The molecule has 4 rings (SSSR count). The average molecular weight is 274 g/mol. The molecule has 7 heteroatoms. The minimum Gasteiger partial charge on any atom is -0.507 e. The van der Waals surface area contributed by atoms with Gasteiger partial charge < -0.3 is 19.1 Å². The Labute approximate surface area is 115 Å². The minimum atomic E-state index is 0.213. The predicted octanol–water partition coefficient (Wildman–Crippen LogP) is 0.728. The van der Waals surface area contributed by atoms with Crippen molar-refractivity contribution in [2.75, 3.05) is 13.3 Å². The predicted molar refractivity (Wildman–Crippen MR) is 68.4 cm³/mol. The summed E-state index contributed by atoms with van der Waals surface area (Å²) in [6, 6.07) is 3.46. The first-order valence-electron chi connectivity index (χ1n) is 6.50. The second kappa shape index (κ2) is 4.38. The Morgan fingerprint density at radius 2 is 2.05 bits per heavy atom. The molecule has 0 amide bonds. The Morgan fingerprint density at radius 1 is 1.20 bits per heavy atom. The normalized spacial score (nSPS) is 17.2. The number of aromatic nitrogens is 3. The van der Waals surface area contributed by atoms with E-state index in [9.17, 15) is 5.11 Å². The number of phenolic OH excluding ortho intramolecular Hbond substituents is 1. The second-order valence-electron chi connectivity index (χ2n) is 4.99. The number of benzene rings is 1. The molecule has 20 heavy (non-hydrogen) atoms. The summed E-state index contributed by atoms with van der Waals surface area (Å²) in [6.07, 6.45) is 1.75. The summed E-state index contributed by atoms with van der Waals surface area (Å²) in [5.74, 6) is 2.49. The lowest BCUT2D eigenvalue weighted by Crippen LogP contribution is -2.33. The van der Waals surface area contributed by atoms with Gasteiger partial charge in [-0.15, -0.1) is 10.2 Å². The van der Waals surface area contributed by atoms with Crippen LogP contribution < -0.4 is 9.47 Å². The molecule has 1 N–H and O–H groups in total. The van der Waals surface area contributed by atoms with Crippen LogP contribution in [0.1, 0.15) is 11.4 Å². The number of ether oxygens (including phenoxy) is 2. The van der Waals surface area contributed by atoms with Crippen LogP contribution in [0.2, 0.25) is 0 Å². The molecule has 1 aromatic heterocycles. The van der Waals surface area contributed by atoms with E-state index in [0.717, 1.165) is 31.0 Å². The molecule has 104 valence electrons. The number of hydrogen-bond acceptors (Lipinski definition) is 6. The maximum absolute atomic E-state index is 10.1. The highest BCUT2D eigenvalue weighted by atomic mass is 16.7. The molecule has 7 nitrogen and oxygen atoms in total. The van der Waals surface area contributed by atoms with Crippen molar-refractivity contribution in [3.05, 3.63) is 29.8 Å². The summed E-state index contributed by atoms with van der Waals surface area (Å²) in [6.45, 7) is 3.36. The first kappa shape index (κ1) is 11.5. The molecule has 0 unspecified atom stereocenters. The van der Waals surface area contributed by atoms with Crippen molar-refractivity contribution in [1.82, 2.24) is 19.7 Å². The van der Waals surface area contributed by atoms with Gasteiger partial charge in [-0.1, -0.05) is 0 Å². The molecule has 0 fully saturated rings. The largest absolute Gasteiger partial charge is 0.507 e. The first-order valence-corrected chi connectivity index (χ1v) is 6.50. The standard InChI is InChI=1S/C13H14N4O3/c18-10-4-12-11(19-8-20-12)3-9(10)5-16-1-2-17-7-14-15-13(17)6-16/h3-4,7,18H,1-2,5-6,8H2. The number of aromatic hydroxyl groups is 1. The molecule has 0 spiro atoms. The molecular weight excluding hydrogens is 260 g/mol. The Morgan fingerprint density at radius 3 is 2.95 bits per heavy atom. The van der Waals surface area contributed by atoms with Crippen molar-refractivity contribution < 1.29 is 14.6 Å². The van der Waals surface area contributed by atoms with E-state index in [1.165, 1.54) is 0 Å². The van der Waals surface area contributed by atoms with E-state index in [1.807, 2.05) is 6.07 Å². The van der Waals surface area contributed by atoms with Gasteiger partial charge in [-0.05, 0) is 6.07 Å². The monoisotopic (exact) mass is 274 g/mol. The third-order valence-corrected chi connectivity index (χ3v) is 3.69. The van der Waals surface area contributed by atoms with Crippen LogP contribution in [0.25, 0.3) is 0 Å². The van der Waals surface area contributed by atoms with Crippen LogP contribution in [-0.2, 0) is 19.6 Å². The molecule has 0 atom stereocenters. The molecule has 3 heterocycles. The van der Waals surface area contributed by atoms with E-state index in [-0.39, 0.29) is 12.5 Å². The molecule has 2 aliphatic heterocycles. The van der Waals surface area contributed by atoms with Gasteiger partial charge in [-0.3, -0.25) is 4.90 Å². The molecule has 1 aromatic carbocycles. The van der Waals surface area contributed by atoms with Crippen molar-refractivity contribution in [2.45, 2.75) is 19.6 Å². The highest BCUT2D eigenvalue weighted by Crippen LogP contribution is 2.38. The Bertz CT molecular complexity index is 655. The lowest BCUT2D eigenvalue weighted by molar-refractivity contribution is 0.173. The zero-order valence-electron chi connectivity index (χ0n) is 10.8. The molecule has 0 saturated heterocycles. The fourth-order valence-corrected chi connectivity index (χ4v) is 2.59. The van der Waals surface area contributed by atoms with Gasteiger partial charge in [-0.2, -0.15) is 0 Å². The second-order valence-corrected chi connectivity index (χ2v) is 4.99. The van der Waals surface area contributed by atoms with E-state index in [0.29, 0.717) is 18.0 Å². The summed E-state index contributed by atoms with van der Waals surface area (Å²) >= 11 is 0. The van der Waals surface area contributed by atoms with Crippen LogP contribution in [0.4, 0.5) is 0 Å². The van der Waals surface area contributed by atoms with Gasteiger partial charge in [0.2, 0.25) is 6.79 Å². The highest BCUT2D eigenvalue weighted by Gasteiger charge is 2.21. The van der Waals surface area contributed by atoms with Crippen molar-refractivity contribution in [2.24, 2.45) is 0 Å². The fourth-order valence-electron chi connectivity index (χ4n) is 2.59. The molecule has 2 aliphatic rings. The third-order valence-electron chi connectivity index (χ3n) is 3.69. The first-order chi connectivity index (χ1) is 9.79. The van der Waals surface area contributed by atoms with Crippen LogP contribution in [0.15, 0.2) is 18.5 Å². The molecule has 2 aromatic rings. The van der Waals surface area contributed by atoms with Gasteiger partial charge in [-0.25, -0.2) is 0 Å². The average Bonchev–Trinajstić information content (AvgIpc) is 3.06. The lowest BCUT2D eigenvalue weighted by Gasteiger charge is -2.27. The number of fused-ring (bicyclic) bond motifs is 2. The van der Waals surface area contributed by atoms with E-state index >= 15 is 0 Å². The quantitative estimate of drug-likeness (QED) is 0.870. The van der Waals surface area contributed by atoms with Crippen LogP contribution >= 0.6 is 0 Å². The van der Waals surface area contributed by atoms with E-state index in [2.05, 4.69) is 19.7 Å². The molecule has 0 bridgehead atoms. The van der Waals surface area contributed by atoms with Gasteiger partial charge in [0.05, 0.1) is 6.54 Å². The molecular formula is C13H14N4O3. The van der Waals surface area contributed by atoms with Crippen molar-refractivity contribution in [1.29, 1.82) is 0 Å². The smallest absolute Gasteiger partial charge is 0.231 e. The maximum Gasteiger partial charge on any atom is 0.231 e. The zero-order chi connectivity index (χ0) is 13.5. The topological polar surface area (TPSA) is 72.6 Å². The summed E-state index contributed by atoms with van der Waals surface area (Å²) < 4.78 is 12.6. The van der Waals surface area contributed by atoms with Gasteiger partial charge in [0, 0.05) is 31.3 Å². The van der Waals surface area contributed by atoms with Crippen molar-refractivity contribution in [3.63, 3.8) is 0 Å². The summed E-state index contributed by atoms with van der Waals surface area (Å²) in [4.78, 5) is 2.22. The van der Waals surface area contributed by atoms with E-state index < -0.39 is 0 Å². The highest BCUT2D eigenvalue weighted by molar-refractivity contribution is 5.51. The van der Waals surface area contributed by atoms with Crippen LogP contribution in [0.3, 0.4) is 0 Å². The Hall–Kier alpha value is -2.28. The van der Waals surface area contributed by atoms with Crippen LogP contribution in [-0.4, -0.2) is 38.1 Å². The van der Waals surface area contributed by atoms with E-state index in [1.54, 1.807) is 12.4 Å². The molecule has 0 radical (unpaired) electrons. The van der Waals surface area contributed by atoms with Crippen LogP contribution in [0, 0.1) is 0 Å². The van der Waals surface area contributed by atoms with Gasteiger partial charge >= 0.3 is 0 Å². The Balaban J connectivity index is 1.55. The van der Waals surface area contributed by atoms with Crippen molar-refractivity contribution >= 4 is 0 Å². The number of hydrogen-bond donors (Lipinski definition) is 1. The number of phenols is 1. The minimum absolute atomic E-state index is 0.213. The summed E-state index contributed by atoms with van der Waals surface area (Å²) in [5.41, 5.74) is 0.835. The zero-order valence-corrected chi connectivity index (χ0v) is 10.8. The van der Waals surface area contributed by atoms with Gasteiger partial charge in [0.15, 0.2) is 11.5 Å². The van der Waals surface area contributed by atoms with Crippen LogP contribution in [0.5, 0.6) is 17.2 Å². The summed E-state index contributed by atoms with van der Waals surface area (Å²) in [5, 5.41) is 18.1. The van der Waals surface area contributed by atoms with Crippen molar-refractivity contribution in [3.8, 4) is 17.2 Å². The number of rotatable bonds is 2. The van der Waals surface area contributed by atoms with Gasteiger partial charge in [0.1, 0.15) is 17.9 Å².